The van der Waals surface area contributed by atoms with Gasteiger partial charge in [-0.15, -0.1) is 5.06 Å². The van der Waals surface area contributed by atoms with E-state index in [0.29, 0.717) is 5.06 Å². The average molecular weight is 366 g/mol. The first-order valence-electron chi connectivity index (χ1n) is 7.49. The second kappa shape index (κ2) is 6.41. The smallest absolute Gasteiger partial charge is 0.421 e. The monoisotopic (exact) mass is 366 g/mol. The molecular weight excluding hydrogens is 353 g/mol. The molecule has 0 N–H and O–H groups in total. The number of hydrogen-bond donors (Lipinski definition) is 0. The van der Waals surface area contributed by atoms with Crippen molar-refractivity contribution in [3.05, 3.63) is 58.8 Å². The summed E-state index contributed by atoms with van der Waals surface area (Å²) >= 11 is 0. The van der Waals surface area contributed by atoms with Crippen LogP contribution in [0.3, 0.4) is 0 Å². The minimum Gasteiger partial charge on any atom is -0.481 e. The zero-order valence-electron chi connectivity index (χ0n) is 13.7. The van der Waals surface area contributed by atoms with Gasteiger partial charge < -0.3 is 4.74 Å². The first kappa shape index (κ1) is 17.9. The highest BCUT2D eigenvalue weighted by Crippen LogP contribution is 2.37. The van der Waals surface area contributed by atoms with Crippen molar-refractivity contribution in [2.24, 2.45) is 0 Å². The summed E-state index contributed by atoms with van der Waals surface area (Å²) in [6.07, 6.45) is -4.57. The molecule has 2 aromatic rings. The van der Waals surface area contributed by atoms with Gasteiger partial charge in [0.2, 0.25) is 5.88 Å². The molecule has 1 aromatic heterocycles. The fraction of sp³-hybridized carbons (Fsp3) is 0.235. The Hall–Kier alpha value is -2.94. The quantitative estimate of drug-likeness (QED) is 0.776. The molecule has 1 aliphatic rings. The summed E-state index contributed by atoms with van der Waals surface area (Å²) in [5.41, 5.74) is -0.688. The maximum atomic E-state index is 13.1. The Morgan fingerprint density at radius 2 is 1.69 bits per heavy atom. The van der Waals surface area contributed by atoms with Crippen LogP contribution in [0, 0.1) is 0 Å². The number of pyridine rings is 1. The Morgan fingerprint density at radius 1 is 1.12 bits per heavy atom. The van der Waals surface area contributed by atoms with Crippen molar-refractivity contribution in [3.63, 3.8) is 0 Å². The Balaban J connectivity index is 1.87. The first-order valence-corrected chi connectivity index (χ1v) is 7.49. The molecule has 1 aliphatic heterocycles. The highest BCUT2D eigenvalue weighted by Gasteiger charge is 2.39. The number of benzene rings is 1. The van der Waals surface area contributed by atoms with Crippen LogP contribution in [0.5, 0.6) is 5.88 Å². The van der Waals surface area contributed by atoms with E-state index in [0.717, 1.165) is 19.4 Å². The minimum absolute atomic E-state index is 0.0367. The number of imide groups is 1. The topological polar surface area (TPSA) is 68.7 Å². The second-order valence-electron chi connectivity index (χ2n) is 5.52. The predicted molar refractivity (Wildman–Crippen MR) is 82.2 cm³/mol. The van der Waals surface area contributed by atoms with Crippen molar-refractivity contribution in [1.29, 1.82) is 0 Å². The molecule has 1 aromatic carbocycles. The Morgan fingerprint density at radius 3 is 2.19 bits per heavy atom. The van der Waals surface area contributed by atoms with Crippen molar-refractivity contribution in [2.75, 3.05) is 7.11 Å². The van der Waals surface area contributed by atoms with Crippen molar-refractivity contribution < 1.29 is 32.3 Å². The Kier molecular flexibility index (Phi) is 4.41. The van der Waals surface area contributed by atoms with E-state index in [4.69, 9.17) is 4.84 Å². The number of hydrogen-bond acceptors (Lipinski definition) is 5. The fourth-order valence-corrected chi connectivity index (χ4v) is 2.54. The molecule has 2 amide bonds. The molecule has 0 fully saturated rings. The number of carbonyl (C=O) groups is 2. The van der Waals surface area contributed by atoms with Gasteiger partial charge in [0, 0.05) is 11.8 Å². The molecule has 0 saturated heterocycles. The summed E-state index contributed by atoms with van der Waals surface area (Å²) in [5, 5.41) is 0.548. The van der Waals surface area contributed by atoms with Gasteiger partial charge in [-0.25, -0.2) is 4.98 Å². The SMILES string of the molecule is COc1ncc(C(C)ON2C(=O)c3ccccc3C2=O)cc1C(F)(F)F. The number of methoxy groups -OCH3 is 1. The van der Waals surface area contributed by atoms with Crippen LogP contribution in [-0.4, -0.2) is 29.0 Å². The predicted octanol–water partition coefficient (Wildman–Crippen LogP) is 3.40. The zero-order chi connectivity index (χ0) is 19.1. The van der Waals surface area contributed by atoms with Gasteiger partial charge in [-0.3, -0.25) is 14.4 Å². The minimum atomic E-state index is -4.68. The van der Waals surface area contributed by atoms with Crippen LogP contribution in [0.2, 0.25) is 0 Å². The number of halogens is 3. The summed E-state index contributed by atoms with van der Waals surface area (Å²) in [4.78, 5) is 33.5. The highest BCUT2D eigenvalue weighted by atomic mass is 19.4. The Labute approximate surface area is 146 Å². The summed E-state index contributed by atoms with van der Waals surface area (Å²) in [6, 6.07) is 6.95. The van der Waals surface area contributed by atoms with Crippen molar-refractivity contribution >= 4 is 11.8 Å². The van der Waals surface area contributed by atoms with E-state index in [9.17, 15) is 22.8 Å². The normalized spacial score (nSPS) is 15.2. The molecule has 136 valence electrons. The number of fused-ring (bicyclic) bond motifs is 1. The van der Waals surface area contributed by atoms with E-state index < -0.39 is 35.5 Å². The number of carbonyl (C=O) groups excluding carboxylic acids is 2. The van der Waals surface area contributed by atoms with E-state index in [2.05, 4.69) is 9.72 Å². The van der Waals surface area contributed by atoms with Crippen LogP contribution >= 0.6 is 0 Å². The fourth-order valence-electron chi connectivity index (χ4n) is 2.54. The van der Waals surface area contributed by atoms with Gasteiger partial charge in [0.05, 0.1) is 18.2 Å². The van der Waals surface area contributed by atoms with E-state index >= 15 is 0 Å². The summed E-state index contributed by atoms with van der Waals surface area (Å²) < 4.78 is 43.9. The van der Waals surface area contributed by atoms with Crippen LogP contribution in [0.4, 0.5) is 13.2 Å². The van der Waals surface area contributed by atoms with Gasteiger partial charge in [0.25, 0.3) is 11.8 Å². The van der Waals surface area contributed by atoms with Crippen molar-refractivity contribution in [1.82, 2.24) is 10.0 Å². The lowest BCUT2D eigenvalue weighted by atomic mass is 10.1. The van der Waals surface area contributed by atoms with Gasteiger partial charge in [-0.2, -0.15) is 13.2 Å². The molecular formula is C17H13F3N2O4. The zero-order valence-corrected chi connectivity index (χ0v) is 13.7. The standard InChI is InChI=1S/C17H13F3N2O4/c1-9(10-7-13(17(18,19)20)14(25-2)21-8-10)26-22-15(23)11-5-3-4-6-12(11)16(22)24/h3-9H,1-2H3. The molecule has 26 heavy (non-hydrogen) atoms. The maximum absolute atomic E-state index is 13.1. The molecule has 0 radical (unpaired) electrons. The Bertz CT molecular complexity index is 848. The highest BCUT2D eigenvalue weighted by molar-refractivity contribution is 6.20. The molecule has 2 heterocycles. The van der Waals surface area contributed by atoms with E-state index in [1.54, 1.807) is 12.1 Å². The van der Waals surface area contributed by atoms with Crippen LogP contribution in [0.15, 0.2) is 36.5 Å². The van der Waals surface area contributed by atoms with Gasteiger partial charge in [0.15, 0.2) is 0 Å². The lowest BCUT2D eigenvalue weighted by Crippen LogP contribution is -2.31. The number of amides is 2. The van der Waals surface area contributed by atoms with E-state index in [-0.39, 0.29) is 16.7 Å². The summed E-state index contributed by atoms with van der Waals surface area (Å²) in [5.74, 6) is -1.92. The summed E-state index contributed by atoms with van der Waals surface area (Å²) in [6.45, 7) is 1.41. The number of alkyl halides is 3. The molecule has 1 unspecified atom stereocenters. The number of rotatable bonds is 4. The molecule has 0 spiro atoms. The lowest BCUT2D eigenvalue weighted by Gasteiger charge is -2.20. The van der Waals surface area contributed by atoms with Crippen molar-refractivity contribution in [2.45, 2.75) is 19.2 Å². The maximum Gasteiger partial charge on any atom is 0.421 e. The molecule has 0 bridgehead atoms. The third-order valence-electron chi connectivity index (χ3n) is 3.86. The van der Waals surface area contributed by atoms with E-state index in [1.807, 2.05) is 0 Å². The number of aromatic nitrogens is 1. The number of nitrogens with zero attached hydrogens (tertiary/aromatic N) is 2. The largest absolute Gasteiger partial charge is 0.481 e. The van der Waals surface area contributed by atoms with Crippen LogP contribution in [0.25, 0.3) is 0 Å². The molecule has 3 rings (SSSR count). The summed E-state index contributed by atoms with van der Waals surface area (Å²) in [7, 11) is 1.08. The van der Waals surface area contributed by atoms with Gasteiger partial charge in [0.1, 0.15) is 11.7 Å². The molecule has 0 saturated carbocycles. The van der Waals surface area contributed by atoms with Crippen LogP contribution in [-0.2, 0) is 11.0 Å². The van der Waals surface area contributed by atoms with Crippen molar-refractivity contribution in [3.8, 4) is 5.88 Å². The molecule has 0 aliphatic carbocycles. The van der Waals surface area contributed by atoms with Gasteiger partial charge >= 0.3 is 6.18 Å². The molecule has 1 atom stereocenters. The third kappa shape index (κ3) is 3.01. The molecule has 6 nitrogen and oxygen atoms in total. The van der Waals surface area contributed by atoms with Crippen LogP contribution in [0.1, 0.15) is 44.9 Å². The number of ether oxygens (including phenoxy) is 1. The molecule has 9 heteroatoms. The number of hydroxylamine groups is 2. The third-order valence-corrected chi connectivity index (χ3v) is 3.86. The average Bonchev–Trinajstić information content (AvgIpc) is 2.85. The first-order chi connectivity index (χ1) is 12.2. The van der Waals surface area contributed by atoms with Crippen LogP contribution < -0.4 is 4.74 Å². The van der Waals surface area contributed by atoms with E-state index in [1.165, 1.54) is 19.1 Å². The van der Waals surface area contributed by atoms with Gasteiger partial charge in [-0.05, 0) is 25.1 Å². The lowest BCUT2D eigenvalue weighted by molar-refractivity contribution is -0.140. The van der Waals surface area contributed by atoms with Gasteiger partial charge in [-0.1, -0.05) is 12.1 Å². The second-order valence-corrected chi connectivity index (χ2v) is 5.52.